The minimum Gasteiger partial charge on any atom is -0.383 e. The first-order valence-corrected chi connectivity index (χ1v) is 11.2. The highest BCUT2D eigenvalue weighted by Gasteiger charge is 2.58. The van der Waals surface area contributed by atoms with Gasteiger partial charge in [-0.3, -0.25) is 9.88 Å². The molecular weight excluding hydrogens is 487 g/mol. The average Bonchev–Trinajstić information content (AvgIpc) is 3.25. The second-order valence-corrected chi connectivity index (χ2v) is 8.87. The number of rotatable bonds is 4. The Morgan fingerprint density at radius 3 is 2.58 bits per heavy atom. The molecule has 1 unspecified atom stereocenters. The van der Waals surface area contributed by atoms with Crippen molar-refractivity contribution in [3.8, 4) is 0 Å². The van der Waals surface area contributed by atoms with Crippen LogP contribution in [-0.4, -0.2) is 45.9 Å². The summed E-state index contributed by atoms with van der Waals surface area (Å²) in [6.45, 7) is 2.90. The number of halogens is 5. The number of fused-ring (bicyclic) bond motifs is 3. The van der Waals surface area contributed by atoms with Crippen LogP contribution < -0.4 is 5.73 Å². The SMILES string of the molecule is C[C@H]1OCc2c1c(N)nc1cnc(C(O)N3CCOC[C@@H]3c3ccc(C(F)(F)C(F)(F)F)cc3)cc21. The first-order valence-electron chi connectivity index (χ1n) is 11.2. The van der Waals surface area contributed by atoms with Gasteiger partial charge in [-0.05, 0) is 24.1 Å². The molecule has 0 amide bonds. The van der Waals surface area contributed by atoms with Gasteiger partial charge < -0.3 is 20.3 Å². The minimum absolute atomic E-state index is 0.110. The Morgan fingerprint density at radius 2 is 1.89 bits per heavy atom. The number of alkyl halides is 5. The van der Waals surface area contributed by atoms with E-state index in [2.05, 4.69) is 9.97 Å². The number of hydrogen-bond donors (Lipinski definition) is 2. The van der Waals surface area contributed by atoms with Crippen molar-refractivity contribution in [1.82, 2.24) is 14.9 Å². The third-order valence-corrected chi connectivity index (χ3v) is 6.72. The number of pyridine rings is 2. The molecule has 7 nitrogen and oxygen atoms in total. The van der Waals surface area contributed by atoms with Crippen molar-refractivity contribution in [1.29, 1.82) is 0 Å². The first-order chi connectivity index (χ1) is 17.0. The van der Waals surface area contributed by atoms with Crippen LogP contribution in [0.4, 0.5) is 27.8 Å². The van der Waals surface area contributed by atoms with E-state index >= 15 is 0 Å². The number of nitrogens with two attached hydrogens (primary N) is 1. The number of anilines is 1. The monoisotopic (exact) mass is 510 g/mol. The maximum absolute atomic E-state index is 13.7. The average molecular weight is 510 g/mol. The van der Waals surface area contributed by atoms with E-state index in [1.54, 1.807) is 11.0 Å². The summed E-state index contributed by atoms with van der Waals surface area (Å²) in [5.41, 5.74) is 7.91. The molecule has 3 atom stereocenters. The van der Waals surface area contributed by atoms with Gasteiger partial charge in [-0.25, -0.2) is 4.98 Å². The molecule has 0 radical (unpaired) electrons. The Balaban J connectivity index is 1.46. The molecule has 0 aliphatic carbocycles. The van der Waals surface area contributed by atoms with Crippen LogP contribution in [0.3, 0.4) is 0 Å². The zero-order valence-electron chi connectivity index (χ0n) is 19.1. The topological polar surface area (TPSA) is 93.7 Å². The Labute approximate surface area is 202 Å². The van der Waals surface area contributed by atoms with E-state index in [1.165, 1.54) is 18.3 Å². The second-order valence-electron chi connectivity index (χ2n) is 8.87. The van der Waals surface area contributed by atoms with E-state index in [4.69, 9.17) is 15.2 Å². The van der Waals surface area contributed by atoms with Gasteiger partial charge in [0.25, 0.3) is 0 Å². The van der Waals surface area contributed by atoms with Crippen LogP contribution in [0.25, 0.3) is 10.9 Å². The van der Waals surface area contributed by atoms with E-state index in [1.807, 2.05) is 6.92 Å². The van der Waals surface area contributed by atoms with Crippen molar-refractivity contribution in [2.24, 2.45) is 0 Å². The maximum Gasteiger partial charge on any atom is 0.458 e. The van der Waals surface area contributed by atoms with Crippen LogP contribution in [0.15, 0.2) is 36.5 Å². The fraction of sp³-hybridized carbons (Fsp3) is 0.417. The quantitative estimate of drug-likeness (QED) is 0.499. The molecule has 192 valence electrons. The summed E-state index contributed by atoms with van der Waals surface area (Å²) in [7, 11) is 0. The summed E-state index contributed by atoms with van der Waals surface area (Å²) in [6, 6.07) is 5.00. The van der Waals surface area contributed by atoms with Crippen LogP contribution in [0.2, 0.25) is 0 Å². The summed E-state index contributed by atoms with van der Waals surface area (Å²) in [5, 5.41) is 12.0. The zero-order chi connectivity index (χ0) is 25.8. The lowest BCUT2D eigenvalue weighted by atomic mass is 9.99. The van der Waals surface area contributed by atoms with Crippen LogP contribution in [-0.2, 0) is 22.0 Å². The lowest BCUT2D eigenvalue weighted by Gasteiger charge is -2.38. The molecule has 4 heterocycles. The standard InChI is InChI=1S/C24H23F5N4O3/c1-12-20-16(10-36-12)15-8-17(31-9-18(15)32-21(20)30)22(34)33-6-7-35-11-19(33)13-2-4-14(5-3-13)23(25,26)24(27,28)29/h2-5,8-9,12,19,22,34H,6-7,10-11H2,1H3,(H2,30,32)/t12-,19-,22?/m1/s1. The normalized spacial score (nSPS) is 22.1. The minimum atomic E-state index is -5.70. The lowest BCUT2D eigenvalue weighted by molar-refractivity contribution is -0.289. The van der Waals surface area contributed by atoms with Crippen molar-refractivity contribution in [3.05, 3.63) is 64.5 Å². The van der Waals surface area contributed by atoms with Crippen molar-refractivity contribution in [3.63, 3.8) is 0 Å². The van der Waals surface area contributed by atoms with Gasteiger partial charge in [-0.2, -0.15) is 22.0 Å². The summed E-state index contributed by atoms with van der Waals surface area (Å²) < 4.78 is 76.8. The third kappa shape index (κ3) is 4.07. The van der Waals surface area contributed by atoms with Crippen LogP contribution in [0, 0.1) is 0 Å². The van der Waals surface area contributed by atoms with Gasteiger partial charge in [0.2, 0.25) is 0 Å². The van der Waals surface area contributed by atoms with Crippen LogP contribution in [0.5, 0.6) is 0 Å². The molecule has 36 heavy (non-hydrogen) atoms. The number of morpholine rings is 1. The molecule has 1 saturated heterocycles. The Bertz CT molecular complexity index is 1290. The predicted molar refractivity (Wildman–Crippen MR) is 119 cm³/mol. The van der Waals surface area contributed by atoms with Gasteiger partial charge in [0.1, 0.15) is 5.82 Å². The number of aromatic nitrogens is 2. The molecule has 3 aromatic rings. The summed E-state index contributed by atoms with van der Waals surface area (Å²) >= 11 is 0. The fourth-order valence-electron chi connectivity index (χ4n) is 4.77. The van der Waals surface area contributed by atoms with Gasteiger partial charge >= 0.3 is 12.1 Å². The molecule has 2 aromatic heterocycles. The van der Waals surface area contributed by atoms with E-state index in [9.17, 15) is 27.1 Å². The highest BCUT2D eigenvalue weighted by atomic mass is 19.4. The number of aliphatic hydroxyl groups excluding tert-OH is 1. The summed E-state index contributed by atoms with van der Waals surface area (Å²) in [5.74, 6) is -4.60. The van der Waals surface area contributed by atoms with Gasteiger partial charge in [0, 0.05) is 23.1 Å². The van der Waals surface area contributed by atoms with E-state index in [0.717, 1.165) is 28.6 Å². The largest absolute Gasteiger partial charge is 0.458 e. The van der Waals surface area contributed by atoms with Crippen molar-refractivity contribution in [2.75, 3.05) is 25.5 Å². The highest BCUT2D eigenvalue weighted by Crippen LogP contribution is 2.44. The number of ether oxygens (including phenoxy) is 2. The van der Waals surface area contributed by atoms with Crippen molar-refractivity contribution in [2.45, 2.75) is 44.0 Å². The number of nitrogen functional groups attached to an aromatic ring is 1. The summed E-state index contributed by atoms with van der Waals surface area (Å²) in [6.07, 6.45) is -5.60. The molecule has 1 fully saturated rings. The zero-order valence-corrected chi connectivity index (χ0v) is 19.1. The molecule has 12 heteroatoms. The van der Waals surface area contributed by atoms with E-state index < -0.39 is 29.9 Å². The van der Waals surface area contributed by atoms with E-state index in [-0.39, 0.29) is 19.3 Å². The highest BCUT2D eigenvalue weighted by molar-refractivity contribution is 5.86. The fourth-order valence-corrected chi connectivity index (χ4v) is 4.77. The molecule has 2 aliphatic heterocycles. The van der Waals surface area contributed by atoms with Crippen molar-refractivity contribution < 1.29 is 36.5 Å². The number of benzene rings is 1. The number of nitrogens with zero attached hydrogens (tertiary/aromatic N) is 3. The van der Waals surface area contributed by atoms with Gasteiger partial charge in [-0.15, -0.1) is 0 Å². The molecule has 0 bridgehead atoms. The van der Waals surface area contributed by atoms with Gasteiger partial charge in [0.15, 0.2) is 6.23 Å². The molecule has 1 aromatic carbocycles. The maximum atomic E-state index is 13.7. The first kappa shape index (κ1) is 24.8. The smallest absolute Gasteiger partial charge is 0.383 e. The van der Waals surface area contributed by atoms with Gasteiger partial charge in [0.05, 0.1) is 49.4 Å². The molecular formula is C24H23F5N4O3. The second kappa shape index (κ2) is 8.87. The molecule has 5 rings (SSSR count). The Kier molecular flexibility index (Phi) is 6.10. The molecule has 3 N–H and O–H groups in total. The molecule has 2 aliphatic rings. The summed E-state index contributed by atoms with van der Waals surface area (Å²) in [4.78, 5) is 10.4. The Morgan fingerprint density at radius 1 is 1.17 bits per heavy atom. The number of aliphatic hydroxyl groups is 1. The number of hydrogen-bond acceptors (Lipinski definition) is 7. The van der Waals surface area contributed by atoms with Crippen LogP contribution >= 0.6 is 0 Å². The van der Waals surface area contributed by atoms with Crippen LogP contribution in [0.1, 0.15) is 53.2 Å². The van der Waals surface area contributed by atoms with E-state index in [0.29, 0.717) is 35.8 Å². The lowest BCUT2D eigenvalue weighted by Crippen LogP contribution is -2.42. The molecule has 0 spiro atoms. The van der Waals surface area contributed by atoms with Crippen molar-refractivity contribution >= 4 is 16.7 Å². The third-order valence-electron chi connectivity index (χ3n) is 6.72. The van der Waals surface area contributed by atoms with Gasteiger partial charge in [-0.1, -0.05) is 24.3 Å². The molecule has 0 saturated carbocycles. The predicted octanol–water partition coefficient (Wildman–Crippen LogP) is 4.52. The Hall–Kier alpha value is -2.93.